The summed E-state index contributed by atoms with van der Waals surface area (Å²) in [7, 11) is 2.02. The van der Waals surface area contributed by atoms with Gasteiger partial charge in [0.15, 0.2) is 0 Å². The maximum Gasteiger partial charge on any atom is 0.132 e. The molecule has 2 aromatic heterocycles. The molecule has 21 heavy (non-hydrogen) atoms. The van der Waals surface area contributed by atoms with Crippen LogP contribution < -0.4 is 10.6 Å². The smallest absolute Gasteiger partial charge is 0.132 e. The molecule has 3 N–H and O–H groups in total. The van der Waals surface area contributed by atoms with Crippen molar-refractivity contribution in [3.63, 3.8) is 0 Å². The van der Waals surface area contributed by atoms with Crippen LogP contribution >= 0.6 is 0 Å². The zero-order chi connectivity index (χ0) is 14.8. The first kappa shape index (κ1) is 13.6. The number of fused-ring (bicyclic) bond motifs is 1. The molecule has 0 saturated heterocycles. The molecule has 0 fully saturated rings. The molecule has 3 rings (SSSR count). The summed E-state index contributed by atoms with van der Waals surface area (Å²) >= 11 is 0. The van der Waals surface area contributed by atoms with E-state index in [1.54, 1.807) is 6.33 Å². The van der Waals surface area contributed by atoms with Gasteiger partial charge in [-0.15, -0.1) is 0 Å². The van der Waals surface area contributed by atoms with E-state index in [4.69, 9.17) is 5.73 Å². The molecule has 1 aromatic carbocycles. The van der Waals surface area contributed by atoms with Gasteiger partial charge in [-0.05, 0) is 18.6 Å². The molecule has 3 aromatic rings. The number of aromatic amines is 1. The number of aromatic nitrogens is 3. The Bertz CT molecular complexity index is 762. The first-order valence-corrected chi connectivity index (χ1v) is 6.97. The predicted molar refractivity (Wildman–Crippen MR) is 85.1 cm³/mol. The van der Waals surface area contributed by atoms with Gasteiger partial charge in [0.25, 0.3) is 0 Å². The van der Waals surface area contributed by atoms with Crippen molar-refractivity contribution in [2.45, 2.75) is 20.0 Å². The van der Waals surface area contributed by atoms with E-state index in [2.05, 4.69) is 45.0 Å². The normalized spacial score (nSPS) is 11.0. The number of benzene rings is 1. The van der Waals surface area contributed by atoms with Crippen LogP contribution in [0.1, 0.15) is 17.0 Å². The summed E-state index contributed by atoms with van der Waals surface area (Å²) in [4.78, 5) is 14.0. The number of nitrogens with zero attached hydrogens (tertiary/aromatic N) is 3. The second-order valence-corrected chi connectivity index (χ2v) is 5.20. The van der Waals surface area contributed by atoms with Crippen molar-refractivity contribution in [2.24, 2.45) is 5.73 Å². The third-order valence-electron chi connectivity index (χ3n) is 3.77. The average molecular weight is 281 g/mol. The van der Waals surface area contributed by atoms with Gasteiger partial charge in [-0.2, -0.15) is 0 Å². The minimum absolute atomic E-state index is 0.425. The van der Waals surface area contributed by atoms with Crippen LogP contribution in [0.2, 0.25) is 0 Å². The van der Waals surface area contributed by atoms with Crippen molar-refractivity contribution in [2.75, 3.05) is 11.9 Å². The first-order valence-electron chi connectivity index (χ1n) is 6.97. The highest BCUT2D eigenvalue weighted by atomic mass is 15.2. The first-order chi connectivity index (χ1) is 10.2. The fourth-order valence-electron chi connectivity index (χ4n) is 2.52. The monoisotopic (exact) mass is 281 g/mol. The zero-order valence-corrected chi connectivity index (χ0v) is 12.3. The number of rotatable bonds is 4. The lowest BCUT2D eigenvalue weighted by atomic mass is 10.1. The van der Waals surface area contributed by atoms with Crippen LogP contribution in [0, 0.1) is 6.92 Å². The van der Waals surface area contributed by atoms with Crippen molar-refractivity contribution < 1.29 is 0 Å². The lowest BCUT2D eigenvalue weighted by molar-refractivity contribution is 0.853. The summed E-state index contributed by atoms with van der Waals surface area (Å²) in [6.45, 7) is 3.34. The van der Waals surface area contributed by atoms with E-state index in [0.29, 0.717) is 6.54 Å². The maximum atomic E-state index is 5.63. The molecule has 0 atom stereocenters. The van der Waals surface area contributed by atoms with Crippen molar-refractivity contribution in [1.29, 1.82) is 0 Å². The van der Waals surface area contributed by atoms with Crippen LogP contribution in [0.4, 0.5) is 5.82 Å². The molecule has 0 spiro atoms. The Morgan fingerprint density at radius 2 is 2.05 bits per heavy atom. The molecule has 0 aliphatic heterocycles. The van der Waals surface area contributed by atoms with Crippen LogP contribution in [-0.4, -0.2) is 22.0 Å². The van der Waals surface area contributed by atoms with Crippen molar-refractivity contribution in [3.8, 4) is 0 Å². The highest BCUT2D eigenvalue weighted by molar-refractivity contribution is 5.84. The summed E-state index contributed by atoms with van der Waals surface area (Å²) in [6, 6.07) is 10.3. The fraction of sp³-hybridized carbons (Fsp3) is 0.250. The number of aryl methyl sites for hydroxylation is 1. The highest BCUT2D eigenvalue weighted by Crippen LogP contribution is 2.23. The SMILES string of the molecule is Cc1c(CN(C)c2cc(CN)ncn2)[nH]c2ccccc12. The minimum Gasteiger partial charge on any atom is -0.357 e. The molecule has 0 radical (unpaired) electrons. The van der Waals surface area contributed by atoms with E-state index in [1.807, 2.05) is 19.2 Å². The molecule has 108 valence electrons. The molecule has 0 aliphatic carbocycles. The summed E-state index contributed by atoms with van der Waals surface area (Å²) in [5.41, 5.74) is 10.1. The molecule has 0 unspecified atom stereocenters. The van der Waals surface area contributed by atoms with Crippen LogP contribution in [0.25, 0.3) is 10.9 Å². The third kappa shape index (κ3) is 2.60. The van der Waals surface area contributed by atoms with Gasteiger partial charge in [0.05, 0.1) is 12.2 Å². The van der Waals surface area contributed by atoms with Gasteiger partial charge >= 0.3 is 0 Å². The molecule has 2 heterocycles. The summed E-state index contributed by atoms with van der Waals surface area (Å²) in [5, 5.41) is 1.27. The molecule has 0 saturated carbocycles. The van der Waals surface area contributed by atoms with E-state index in [1.165, 1.54) is 22.2 Å². The van der Waals surface area contributed by atoms with Crippen molar-refractivity contribution >= 4 is 16.7 Å². The van der Waals surface area contributed by atoms with Gasteiger partial charge in [-0.25, -0.2) is 9.97 Å². The topological polar surface area (TPSA) is 70.8 Å². The Kier molecular flexibility index (Phi) is 3.58. The average Bonchev–Trinajstić information content (AvgIpc) is 2.84. The van der Waals surface area contributed by atoms with E-state index in [-0.39, 0.29) is 0 Å². The largest absolute Gasteiger partial charge is 0.357 e. The molecule has 5 nitrogen and oxygen atoms in total. The Morgan fingerprint density at radius 3 is 2.81 bits per heavy atom. The number of nitrogens with one attached hydrogen (secondary N) is 1. The van der Waals surface area contributed by atoms with Crippen molar-refractivity contribution in [3.05, 3.63) is 53.6 Å². The Hall–Kier alpha value is -2.40. The van der Waals surface area contributed by atoms with Gasteiger partial charge < -0.3 is 15.6 Å². The zero-order valence-electron chi connectivity index (χ0n) is 12.3. The number of nitrogens with two attached hydrogens (primary N) is 1. The molecule has 0 bridgehead atoms. The van der Waals surface area contributed by atoms with E-state index in [9.17, 15) is 0 Å². The van der Waals surface area contributed by atoms with E-state index < -0.39 is 0 Å². The Balaban J connectivity index is 1.88. The van der Waals surface area contributed by atoms with Gasteiger partial charge in [0.1, 0.15) is 12.1 Å². The van der Waals surface area contributed by atoms with Crippen molar-refractivity contribution in [1.82, 2.24) is 15.0 Å². The summed E-state index contributed by atoms with van der Waals surface area (Å²) < 4.78 is 0. The second-order valence-electron chi connectivity index (χ2n) is 5.20. The molecule has 5 heteroatoms. The standard InChI is InChI=1S/C16H19N5/c1-11-13-5-3-4-6-14(13)20-15(11)9-21(2)16-7-12(8-17)18-10-19-16/h3-7,10,20H,8-9,17H2,1-2H3. The minimum atomic E-state index is 0.425. The summed E-state index contributed by atoms with van der Waals surface area (Å²) in [6.07, 6.45) is 1.56. The van der Waals surface area contributed by atoms with E-state index in [0.717, 1.165) is 18.1 Å². The third-order valence-corrected chi connectivity index (χ3v) is 3.77. The van der Waals surface area contributed by atoms with Crippen LogP contribution in [0.3, 0.4) is 0 Å². The molecule has 0 aliphatic rings. The van der Waals surface area contributed by atoms with Gasteiger partial charge in [0, 0.05) is 36.3 Å². The number of para-hydroxylation sites is 1. The van der Waals surface area contributed by atoms with Gasteiger partial charge in [0.2, 0.25) is 0 Å². The Labute approximate surface area is 123 Å². The predicted octanol–water partition coefficient (Wildman–Crippen LogP) is 2.36. The number of hydrogen-bond donors (Lipinski definition) is 2. The quantitative estimate of drug-likeness (QED) is 0.770. The van der Waals surface area contributed by atoms with Gasteiger partial charge in [-0.1, -0.05) is 18.2 Å². The Morgan fingerprint density at radius 1 is 1.24 bits per heavy atom. The second kappa shape index (κ2) is 5.54. The van der Waals surface area contributed by atoms with Crippen LogP contribution in [0.5, 0.6) is 0 Å². The summed E-state index contributed by atoms with van der Waals surface area (Å²) in [5.74, 6) is 0.878. The van der Waals surface area contributed by atoms with Gasteiger partial charge in [-0.3, -0.25) is 0 Å². The molecule has 0 amide bonds. The van der Waals surface area contributed by atoms with E-state index >= 15 is 0 Å². The molecular weight excluding hydrogens is 262 g/mol. The number of H-pyrrole nitrogens is 1. The highest BCUT2D eigenvalue weighted by Gasteiger charge is 2.11. The number of hydrogen-bond acceptors (Lipinski definition) is 4. The van der Waals surface area contributed by atoms with Crippen LogP contribution in [-0.2, 0) is 13.1 Å². The molecular formula is C16H19N5. The van der Waals surface area contributed by atoms with Crippen LogP contribution in [0.15, 0.2) is 36.7 Å². The lowest BCUT2D eigenvalue weighted by Gasteiger charge is -2.18. The maximum absolute atomic E-state index is 5.63. The number of anilines is 1. The fourth-order valence-corrected chi connectivity index (χ4v) is 2.52. The lowest BCUT2D eigenvalue weighted by Crippen LogP contribution is -2.19.